The molecule has 0 aromatic heterocycles. The van der Waals surface area contributed by atoms with Crippen molar-refractivity contribution in [1.29, 1.82) is 0 Å². The molecule has 0 saturated carbocycles. The molecule has 6 heteroatoms. The van der Waals surface area contributed by atoms with Crippen molar-refractivity contribution in [2.45, 2.75) is 19.3 Å². The van der Waals surface area contributed by atoms with Gasteiger partial charge in [0.05, 0.1) is 12.7 Å². The van der Waals surface area contributed by atoms with Crippen molar-refractivity contribution in [3.63, 3.8) is 0 Å². The minimum absolute atomic E-state index is 0.251. The highest BCUT2D eigenvalue weighted by Crippen LogP contribution is 2.14. The van der Waals surface area contributed by atoms with E-state index in [0.717, 1.165) is 45.6 Å². The molecule has 160 valence electrons. The molecule has 6 nitrogen and oxygen atoms in total. The minimum Gasteiger partial charge on any atom is -0.492 e. The van der Waals surface area contributed by atoms with Gasteiger partial charge in [0.25, 0.3) is 0 Å². The first kappa shape index (κ1) is 21.8. The lowest BCUT2D eigenvalue weighted by molar-refractivity contribution is -0.133. The summed E-state index contributed by atoms with van der Waals surface area (Å²) in [5.41, 5.74) is 1.77. The second-order valence-corrected chi connectivity index (χ2v) is 7.43. The highest BCUT2D eigenvalue weighted by atomic mass is 16.5. The van der Waals surface area contributed by atoms with Crippen LogP contribution in [0.25, 0.3) is 0 Å². The van der Waals surface area contributed by atoms with Crippen molar-refractivity contribution >= 4 is 11.9 Å². The van der Waals surface area contributed by atoms with E-state index in [2.05, 4.69) is 17.0 Å². The van der Waals surface area contributed by atoms with E-state index in [1.54, 1.807) is 18.2 Å². The molecule has 1 fully saturated rings. The van der Waals surface area contributed by atoms with Gasteiger partial charge in [0, 0.05) is 39.1 Å². The van der Waals surface area contributed by atoms with Crippen molar-refractivity contribution in [2.24, 2.45) is 0 Å². The molecule has 1 amide bonds. The Labute approximate surface area is 178 Å². The number of hydrogen-bond donors (Lipinski definition) is 0. The van der Waals surface area contributed by atoms with Crippen LogP contribution < -0.4 is 4.74 Å². The van der Waals surface area contributed by atoms with Crippen molar-refractivity contribution in [1.82, 2.24) is 9.80 Å². The van der Waals surface area contributed by atoms with E-state index in [1.165, 1.54) is 12.7 Å². The zero-order chi connectivity index (χ0) is 21.2. The zero-order valence-electron chi connectivity index (χ0n) is 17.6. The van der Waals surface area contributed by atoms with Crippen LogP contribution in [0.2, 0.25) is 0 Å². The number of carbonyl (C=O) groups excluding carboxylic acids is 2. The molecule has 1 saturated heterocycles. The lowest BCUT2D eigenvalue weighted by Crippen LogP contribution is -2.49. The van der Waals surface area contributed by atoms with Crippen LogP contribution in [0.5, 0.6) is 5.75 Å². The molecule has 0 radical (unpaired) electrons. The summed E-state index contributed by atoms with van der Waals surface area (Å²) in [6, 6.07) is 17.3. The first-order valence-corrected chi connectivity index (χ1v) is 10.5. The van der Waals surface area contributed by atoms with Gasteiger partial charge in [-0.15, -0.1) is 0 Å². The number of aryl methyl sites for hydroxylation is 1. The fourth-order valence-electron chi connectivity index (χ4n) is 3.59. The second-order valence-electron chi connectivity index (χ2n) is 7.43. The fraction of sp³-hybridized carbons (Fsp3) is 0.417. The maximum absolute atomic E-state index is 12.5. The number of carbonyl (C=O) groups is 2. The summed E-state index contributed by atoms with van der Waals surface area (Å²) in [5.74, 6) is 0.539. The standard InChI is InChI=1S/C24H30N2O4/c1-29-24(28)21-10-6-11-22(19-21)30-18-17-25-13-15-26(16-14-25)23(27)12-5-9-20-7-3-2-4-8-20/h2-4,6-8,10-11,19H,5,9,12-18H2,1H3. The normalized spacial score (nSPS) is 14.4. The Bertz CT molecular complexity index is 817. The van der Waals surface area contributed by atoms with E-state index in [0.29, 0.717) is 24.3 Å². The Balaban J connectivity index is 1.32. The van der Waals surface area contributed by atoms with Crippen LogP contribution in [0.1, 0.15) is 28.8 Å². The molecular weight excluding hydrogens is 380 g/mol. The van der Waals surface area contributed by atoms with Crippen LogP contribution >= 0.6 is 0 Å². The smallest absolute Gasteiger partial charge is 0.337 e. The van der Waals surface area contributed by atoms with Gasteiger partial charge >= 0.3 is 5.97 Å². The molecule has 0 N–H and O–H groups in total. The molecular formula is C24H30N2O4. The molecule has 0 spiro atoms. The Hall–Kier alpha value is -2.86. The Kier molecular flexibility index (Phi) is 8.27. The predicted octanol–water partition coefficient (Wildman–Crippen LogP) is 3.02. The molecule has 1 heterocycles. The van der Waals surface area contributed by atoms with E-state index in [9.17, 15) is 9.59 Å². The van der Waals surface area contributed by atoms with Gasteiger partial charge in [-0.05, 0) is 36.6 Å². The molecule has 3 rings (SSSR count). The highest BCUT2D eigenvalue weighted by Gasteiger charge is 2.20. The van der Waals surface area contributed by atoms with E-state index >= 15 is 0 Å². The molecule has 30 heavy (non-hydrogen) atoms. The third kappa shape index (κ3) is 6.59. The third-order valence-corrected chi connectivity index (χ3v) is 5.36. The summed E-state index contributed by atoms with van der Waals surface area (Å²) < 4.78 is 10.5. The van der Waals surface area contributed by atoms with Gasteiger partial charge in [-0.2, -0.15) is 0 Å². The highest BCUT2D eigenvalue weighted by molar-refractivity contribution is 5.89. The first-order valence-electron chi connectivity index (χ1n) is 10.5. The SMILES string of the molecule is COC(=O)c1cccc(OCCN2CCN(C(=O)CCCc3ccccc3)CC2)c1. The zero-order valence-corrected chi connectivity index (χ0v) is 17.6. The van der Waals surface area contributed by atoms with Crippen molar-refractivity contribution < 1.29 is 19.1 Å². The largest absolute Gasteiger partial charge is 0.492 e. The van der Waals surface area contributed by atoms with Gasteiger partial charge in [-0.1, -0.05) is 36.4 Å². The Morgan fingerprint density at radius 1 is 0.967 bits per heavy atom. The summed E-state index contributed by atoms with van der Waals surface area (Å²) in [6.45, 7) is 4.57. The molecule has 0 bridgehead atoms. The van der Waals surface area contributed by atoms with Gasteiger partial charge < -0.3 is 14.4 Å². The maximum Gasteiger partial charge on any atom is 0.337 e. The second kappa shape index (κ2) is 11.4. The number of esters is 1. The Morgan fingerprint density at radius 3 is 2.47 bits per heavy atom. The number of nitrogens with zero attached hydrogens (tertiary/aromatic N) is 2. The third-order valence-electron chi connectivity index (χ3n) is 5.36. The van der Waals surface area contributed by atoms with Gasteiger partial charge in [-0.3, -0.25) is 9.69 Å². The van der Waals surface area contributed by atoms with E-state index in [-0.39, 0.29) is 11.9 Å². The number of methoxy groups -OCH3 is 1. The summed E-state index contributed by atoms with van der Waals surface area (Å²) in [7, 11) is 1.36. The lowest BCUT2D eigenvalue weighted by Gasteiger charge is -2.34. The number of rotatable bonds is 9. The predicted molar refractivity (Wildman–Crippen MR) is 116 cm³/mol. The number of amides is 1. The van der Waals surface area contributed by atoms with Gasteiger partial charge in [0.2, 0.25) is 5.91 Å². The van der Waals surface area contributed by atoms with E-state index in [4.69, 9.17) is 9.47 Å². The van der Waals surface area contributed by atoms with Gasteiger partial charge in [0.15, 0.2) is 0 Å². The van der Waals surface area contributed by atoms with Crippen molar-refractivity contribution in [2.75, 3.05) is 46.4 Å². The monoisotopic (exact) mass is 410 g/mol. The van der Waals surface area contributed by atoms with Gasteiger partial charge in [0.1, 0.15) is 12.4 Å². The molecule has 0 unspecified atom stereocenters. The lowest BCUT2D eigenvalue weighted by atomic mass is 10.1. The van der Waals surface area contributed by atoms with Crippen molar-refractivity contribution in [3.8, 4) is 5.75 Å². The molecule has 2 aromatic rings. The van der Waals surface area contributed by atoms with Crippen LogP contribution in [0.15, 0.2) is 54.6 Å². The summed E-state index contributed by atoms with van der Waals surface area (Å²) >= 11 is 0. The number of hydrogen-bond acceptors (Lipinski definition) is 5. The fourth-order valence-corrected chi connectivity index (χ4v) is 3.59. The van der Waals surface area contributed by atoms with Crippen LogP contribution in [0.3, 0.4) is 0 Å². The van der Waals surface area contributed by atoms with E-state index in [1.807, 2.05) is 29.2 Å². The topological polar surface area (TPSA) is 59.1 Å². The van der Waals surface area contributed by atoms with Crippen LogP contribution in [0, 0.1) is 0 Å². The number of ether oxygens (including phenoxy) is 2. The number of piperazine rings is 1. The molecule has 0 atom stereocenters. The molecule has 2 aromatic carbocycles. The van der Waals surface area contributed by atoms with Crippen molar-refractivity contribution in [3.05, 3.63) is 65.7 Å². The summed E-state index contributed by atoms with van der Waals surface area (Å²) in [4.78, 5) is 28.3. The minimum atomic E-state index is -0.370. The maximum atomic E-state index is 12.5. The van der Waals surface area contributed by atoms with Crippen LogP contribution in [-0.4, -0.2) is 68.1 Å². The average molecular weight is 411 g/mol. The molecule has 1 aliphatic heterocycles. The van der Waals surface area contributed by atoms with Crippen LogP contribution in [-0.2, 0) is 16.0 Å². The first-order chi connectivity index (χ1) is 14.7. The summed E-state index contributed by atoms with van der Waals surface area (Å²) in [6.07, 6.45) is 2.44. The number of benzene rings is 2. The van der Waals surface area contributed by atoms with E-state index < -0.39 is 0 Å². The molecule has 0 aliphatic carbocycles. The van der Waals surface area contributed by atoms with Crippen LogP contribution in [0.4, 0.5) is 0 Å². The Morgan fingerprint density at radius 2 is 1.73 bits per heavy atom. The average Bonchev–Trinajstić information content (AvgIpc) is 2.80. The van der Waals surface area contributed by atoms with Gasteiger partial charge in [-0.25, -0.2) is 4.79 Å². The summed E-state index contributed by atoms with van der Waals surface area (Å²) in [5, 5.41) is 0. The quantitative estimate of drug-likeness (QED) is 0.595. The molecule has 1 aliphatic rings.